The lowest BCUT2D eigenvalue weighted by Gasteiger charge is -2.29. The Kier molecular flexibility index (Phi) is 4.24. The van der Waals surface area contributed by atoms with Crippen molar-refractivity contribution in [3.8, 4) is 0 Å². The van der Waals surface area contributed by atoms with Gasteiger partial charge in [-0.2, -0.15) is 0 Å². The molecule has 0 saturated heterocycles. The van der Waals surface area contributed by atoms with Crippen LogP contribution in [0.4, 0.5) is 17.1 Å². The topological polar surface area (TPSA) is 81.2 Å². The highest BCUT2D eigenvalue weighted by molar-refractivity contribution is 5.66. The van der Waals surface area contributed by atoms with Crippen molar-refractivity contribution in [2.24, 2.45) is 5.92 Å². The number of benzene rings is 1. The van der Waals surface area contributed by atoms with E-state index in [0.29, 0.717) is 6.04 Å². The van der Waals surface area contributed by atoms with Crippen molar-refractivity contribution in [1.82, 2.24) is 0 Å². The van der Waals surface area contributed by atoms with Gasteiger partial charge in [0.25, 0.3) is 5.69 Å². The van der Waals surface area contributed by atoms with E-state index in [1.807, 2.05) is 0 Å². The Bertz CT molecular complexity index is 454. The van der Waals surface area contributed by atoms with E-state index < -0.39 is 4.92 Å². The number of nitro benzene ring substituents is 1. The summed E-state index contributed by atoms with van der Waals surface area (Å²) in [6.07, 6.45) is 6.11. The summed E-state index contributed by atoms with van der Waals surface area (Å²) in [6.45, 7) is 2.25. The Hall–Kier alpha value is -1.78. The maximum absolute atomic E-state index is 10.7. The Balaban J connectivity index is 1.97. The van der Waals surface area contributed by atoms with Crippen molar-refractivity contribution in [2.45, 2.75) is 45.1 Å². The molecule has 1 aliphatic carbocycles. The molecule has 1 fully saturated rings. The fraction of sp³-hybridized carbons (Fsp3) is 0.571. The lowest BCUT2D eigenvalue weighted by molar-refractivity contribution is -0.383. The van der Waals surface area contributed by atoms with E-state index >= 15 is 0 Å². The van der Waals surface area contributed by atoms with E-state index in [-0.39, 0.29) is 11.4 Å². The largest absolute Gasteiger partial charge is 0.393 e. The van der Waals surface area contributed by atoms with Crippen LogP contribution in [0.5, 0.6) is 0 Å². The van der Waals surface area contributed by atoms with E-state index in [1.54, 1.807) is 12.1 Å². The Morgan fingerprint density at radius 3 is 2.58 bits per heavy atom. The van der Waals surface area contributed by atoms with Gasteiger partial charge in [-0.05, 0) is 43.7 Å². The number of nitro groups is 1. The second kappa shape index (κ2) is 5.91. The van der Waals surface area contributed by atoms with Crippen LogP contribution in [0.1, 0.15) is 39.0 Å². The van der Waals surface area contributed by atoms with Crippen molar-refractivity contribution in [1.29, 1.82) is 0 Å². The van der Waals surface area contributed by atoms with Gasteiger partial charge in [0.05, 0.1) is 4.92 Å². The average molecular weight is 263 g/mol. The van der Waals surface area contributed by atoms with Gasteiger partial charge >= 0.3 is 0 Å². The summed E-state index contributed by atoms with van der Waals surface area (Å²) in [7, 11) is 0. The van der Waals surface area contributed by atoms with E-state index in [4.69, 9.17) is 5.73 Å². The second-order valence-corrected chi connectivity index (χ2v) is 5.30. The van der Waals surface area contributed by atoms with E-state index in [0.717, 1.165) is 24.4 Å². The number of nitrogens with zero attached hydrogens (tertiary/aromatic N) is 1. The predicted octanol–water partition coefficient (Wildman–Crippen LogP) is 3.56. The van der Waals surface area contributed by atoms with Crippen LogP contribution < -0.4 is 11.1 Å². The minimum Gasteiger partial charge on any atom is -0.393 e. The minimum absolute atomic E-state index is 0.0276. The molecule has 1 saturated carbocycles. The van der Waals surface area contributed by atoms with Gasteiger partial charge in [0, 0.05) is 17.8 Å². The average Bonchev–Trinajstić information content (AvgIpc) is 2.39. The molecular formula is C14H21N3O2. The smallest absolute Gasteiger partial charge is 0.292 e. The molecule has 0 aliphatic heterocycles. The summed E-state index contributed by atoms with van der Waals surface area (Å²) < 4.78 is 0. The van der Waals surface area contributed by atoms with Crippen LogP contribution in [0.25, 0.3) is 0 Å². The van der Waals surface area contributed by atoms with Crippen LogP contribution in [0, 0.1) is 16.0 Å². The zero-order valence-electron chi connectivity index (χ0n) is 11.3. The standard InChI is InChI=1S/C14H21N3O2/c1-2-10-3-5-11(6-4-10)16-12-7-8-14(17(18)19)13(15)9-12/h7-11,16H,2-6,15H2,1H3. The van der Waals surface area contributed by atoms with Crippen molar-refractivity contribution in [3.05, 3.63) is 28.3 Å². The molecule has 0 atom stereocenters. The molecule has 2 rings (SSSR count). The van der Waals surface area contributed by atoms with Gasteiger partial charge in [-0.25, -0.2) is 0 Å². The zero-order chi connectivity index (χ0) is 13.8. The van der Waals surface area contributed by atoms with Gasteiger partial charge in [0.2, 0.25) is 0 Å². The normalized spacial score (nSPS) is 23.0. The third kappa shape index (κ3) is 3.36. The molecule has 0 heterocycles. The first-order valence-electron chi connectivity index (χ1n) is 6.90. The van der Waals surface area contributed by atoms with Crippen LogP contribution in [0.15, 0.2) is 18.2 Å². The molecule has 0 spiro atoms. The van der Waals surface area contributed by atoms with Crippen LogP contribution in [0.3, 0.4) is 0 Å². The number of nitrogens with one attached hydrogen (secondary N) is 1. The van der Waals surface area contributed by atoms with E-state index in [2.05, 4.69) is 12.2 Å². The molecule has 1 aromatic rings. The number of nitrogen functional groups attached to an aromatic ring is 1. The Morgan fingerprint density at radius 1 is 1.37 bits per heavy atom. The fourth-order valence-corrected chi connectivity index (χ4v) is 2.76. The Morgan fingerprint density at radius 2 is 2.05 bits per heavy atom. The predicted molar refractivity (Wildman–Crippen MR) is 77.2 cm³/mol. The first-order valence-corrected chi connectivity index (χ1v) is 6.90. The highest BCUT2D eigenvalue weighted by Gasteiger charge is 2.20. The lowest BCUT2D eigenvalue weighted by Crippen LogP contribution is -2.25. The summed E-state index contributed by atoms with van der Waals surface area (Å²) in [5.74, 6) is 0.861. The Labute approximate surface area is 113 Å². The van der Waals surface area contributed by atoms with Crippen molar-refractivity contribution in [3.63, 3.8) is 0 Å². The van der Waals surface area contributed by atoms with E-state index in [1.165, 1.54) is 25.3 Å². The molecule has 0 radical (unpaired) electrons. The highest BCUT2D eigenvalue weighted by atomic mass is 16.6. The summed E-state index contributed by atoms with van der Waals surface area (Å²) in [5.41, 5.74) is 6.76. The fourth-order valence-electron chi connectivity index (χ4n) is 2.76. The molecule has 104 valence electrons. The summed E-state index contributed by atoms with van der Waals surface area (Å²) in [5, 5.41) is 14.1. The molecular weight excluding hydrogens is 242 g/mol. The molecule has 0 amide bonds. The van der Waals surface area contributed by atoms with Gasteiger partial charge < -0.3 is 11.1 Å². The number of rotatable bonds is 4. The third-order valence-electron chi connectivity index (χ3n) is 4.02. The quantitative estimate of drug-likeness (QED) is 0.494. The summed E-state index contributed by atoms with van der Waals surface area (Å²) in [6, 6.07) is 5.32. The van der Waals surface area contributed by atoms with Crippen LogP contribution in [-0.2, 0) is 0 Å². The number of anilines is 2. The third-order valence-corrected chi connectivity index (χ3v) is 4.02. The monoisotopic (exact) mass is 263 g/mol. The second-order valence-electron chi connectivity index (χ2n) is 5.30. The minimum atomic E-state index is -0.453. The molecule has 5 nitrogen and oxygen atoms in total. The van der Waals surface area contributed by atoms with E-state index in [9.17, 15) is 10.1 Å². The number of nitrogens with two attached hydrogens (primary N) is 1. The highest BCUT2D eigenvalue weighted by Crippen LogP contribution is 2.30. The molecule has 0 bridgehead atoms. The van der Waals surface area contributed by atoms with Crippen LogP contribution >= 0.6 is 0 Å². The first-order chi connectivity index (χ1) is 9.10. The molecule has 3 N–H and O–H groups in total. The van der Waals surface area contributed by atoms with Gasteiger partial charge in [-0.15, -0.1) is 0 Å². The summed E-state index contributed by atoms with van der Waals surface area (Å²) in [4.78, 5) is 10.2. The molecule has 1 aromatic carbocycles. The first kappa shape index (κ1) is 13.6. The lowest BCUT2D eigenvalue weighted by atomic mass is 9.84. The number of hydrogen-bond donors (Lipinski definition) is 2. The summed E-state index contributed by atoms with van der Waals surface area (Å²) >= 11 is 0. The molecule has 5 heteroatoms. The zero-order valence-corrected chi connectivity index (χ0v) is 11.3. The molecule has 19 heavy (non-hydrogen) atoms. The molecule has 0 aromatic heterocycles. The van der Waals surface area contributed by atoms with Gasteiger partial charge in [-0.3, -0.25) is 10.1 Å². The number of hydrogen-bond acceptors (Lipinski definition) is 4. The van der Waals surface area contributed by atoms with Gasteiger partial charge in [-0.1, -0.05) is 13.3 Å². The maximum Gasteiger partial charge on any atom is 0.292 e. The van der Waals surface area contributed by atoms with Crippen molar-refractivity contribution >= 4 is 17.1 Å². The van der Waals surface area contributed by atoms with Crippen LogP contribution in [-0.4, -0.2) is 11.0 Å². The van der Waals surface area contributed by atoms with Gasteiger partial charge in [0.15, 0.2) is 0 Å². The molecule has 0 unspecified atom stereocenters. The van der Waals surface area contributed by atoms with Crippen molar-refractivity contribution in [2.75, 3.05) is 11.1 Å². The maximum atomic E-state index is 10.7. The van der Waals surface area contributed by atoms with Crippen molar-refractivity contribution < 1.29 is 4.92 Å². The molecule has 1 aliphatic rings. The van der Waals surface area contributed by atoms with Crippen LogP contribution in [0.2, 0.25) is 0 Å². The SMILES string of the molecule is CCC1CCC(Nc2ccc([N+](=O)[O-])c(N)c2)CC1. The van der Waals surface area contributed by atoms with Gasteiger partial charge in [0.1, 0.15) is 5.69 Å².